The highest BCUT2D eigenvalue weighted by atomic mass is 16.2. The van der Waals surface area contributed by atoms with Crippen LogP contribution < -0.4 is 10.6 Å². The normalized spacial score (nSPS) is 19.2. The lowest BCUT2D eigenvalue weighted by Gasteiger charge is -2.33. The molecule has 0 atom stereocenters. The molecule has 5 nitrogen and oxygen atoms in total. The van der Waals surface area contributed by atoms with Gasteiger partial charge in [0, 0.05) is 30.7 Å². The molecule has 5 heteroatoms. The zero-order valence-electron chi connectivity index (χ0n) is 16.0. The van der Waals surface area contributed by atoms with E-state index in [4.69, 9.17) is 0 Å². The maximum atomic E-state index is 12.5. The first-order valence-corrected chi connectivity index (χ1v) is 9.96. The maximum Gasteiger partial charge on any atom is 0.317 e. The van der Waals surface area contributed by atoms with Gasteiger partial charge in [-0.05, 0) is 62.8 Å². The number of nitrogens with zero attached hydrogens (tertiary/aromatic N) is 1. The van der Waals surface area contributed by atoms with Crippen LogP contribution in [0.5, 0.6) is 0 Å². The molecule has 1 saturated heterocycles. The van der Waals surface area contributed by atoms with Gasteiger partial charge in [0.2, 0.25) is 5.91 Å². The fraction of sp³-hybridized carbons (Fsp3) is 0.619. The van der Waals surface area contributed by atoms with Gasteiger partial charge in [-0.15, -0.1) is 0 Å². The van der Waals surface area contributed by atoms with Gasteiger partial charge in [-0.2, -0.15) is 0 Å². The zero-order chi connectivity index (χ0) is 18.5. The molecule has 1 saturated carbocycles. The van der Waals surface area contributed by atoms with Crippen molar-refractivity contribution < 1.29 is 9.59 Å². The summed E-state index contributed by atoms with van der Waals surface area (Å²) in [7, 11) is 0. The van der Waals surface area contributed by atoms with E-state index in [1.54, 1.807) is 0 Å². The maximum absolute atomic E-state index is 12.5. The van der Waals surface area contributed by atoms with Crippen LogP contribution in [0.25, 0.3) is 0 Å². The van der Waals surface area contributed by atoms with Crippen LogP contribution in [0.4, 0.5) is 10.5 Å². The molecule has 1 aromatic rings. The second-order valence-corrected chi connectivity index (χ2v) is 7.83. The largest absolute Gasteiger partial charge is 0.335 e. The number of rotatable bonds is 3. The van der Waals surface area contributed by atoms with E-state index in [2.05, 4.69) is 24.5 Å². The zero-order valence-corrected chi connectivity index (χ0v) is 16.0. The van der Waals surface area contributed by atoms with Crippen molar-refractivity contribution in [1.82, 2.24) is 10.2 Å². The molecule has 1 heterocycles. The van der Waals surface area contributed by atoms with Crippen LogP contribution >= 0.6 is 0 Å². The van der Waals surface area contributed by atoms with Crippen molar-refractivity contribution in [2.75, 3.05) is 18.4 Å². The molecule has 2 N–H and O–H groups in total. The van der Waals surface area contributed by atoms with Crippen LogP contribution in [0, 0.1) is 19.8 Å². The molecule has 142 valence electrons. The number of piperidine rings is 1. The second-order valence-electron chi connectivity index (χ2n) is 7.83. The number of carbonyl (C=O) groups excluding carboxylic acids is 2. The van der Waals surface area contributed by atoms with Gasteiger partial charge in [0.15, 0.2) is 0 Å². The number of amides is 3. The van der Waals surface area contributed by atoms with Crippen molar-refractivity contribution in [3.8, 4) is 0 Å². The van der Waals surface area contributed by atoms with E-state index in [9.17, 15) is 9.59 Å². The summed E-state index contributed by atoms with van der Waals surface area (Å²) in [5, 5.41) is 6.20. The van der Waals surface area contributed by atoms with Crippen LogP contribution in [0.1, 0.15) is 56.1 Å². The van der Waals surface area contributed by atoms with E-state index in [-0.39, 0.29) is 17.9 Å². The lowest BCUT2D eigenvalue weighted by molar-refractivity contribution is -0.121. The minimum absolute atomic E-state index is 0.0182. The number of anilines is 1. The van der Waals surface area contributed by atoms with Crippen LogP contribution in [0.2, 0.25) is 0 Å². The molecule has 2 fully saturated rings. The van der Waals surface area contributed by atoms with Crippen molar-refractivity contribution in [1.29, 1.82) is 0 Å². The first-order valence-electron chi connectivity index (χ1n) is 9.96. The molecule has 3 rings (SSSR count). The topological polar surface area (TPSA) is 61.4 Å². The molecule has 1 aromatic carbocycles. The Morgan fingerprint density at radius 3 is 2.31 bits per heavy atom. The second kappa shape index (κ2) is 8.56. The molecular weight excluding hydrogens is 326 g/mol. The van der Waals surface area contributed by atoms with Crippen molar-refractivity contribution in [3.63, 3.8) is 0 Å². The van der Waals surface area contributed by atoms with Crippen LogP contribution in [0.15, 0.2) is 18.2 Å². The van der Waals surface area contributed by atoms with Gasteiger partial charge in [0.05, 0.1) is 0 Å². The van der Waals surface area contributed by atoms with Gasteiger partial charge in [0.1, 0.15) is 0 Å². The summed E-state index contributed by atoms with van der Waals surface area (Å²) in [6.45, 7) is 5.43. The smallest absolute Gasteiger partial charge is 0.317 e. The number of hydrogen-bond acceptors (Lipinski definition) is 2. The number of carbonyl (C=O) groups is 2. The van der Waals surface area contributed by atoms with E-state index in [0.29, 0.717) is 19.1 Å². The average Bonchev–Trinajstić information content (AvgIpc) is 2.65. The number of aryl methyl sites for hydroxylation is 2. The summed E-state index contributed by atoms with van der Waals surface area (Å²) in [5.74, 6) is 0.0518. The van der Waals surface area contributed by atoms with Gasteiger partial charge in [-0.1, -0.05) is 25.3 Å². The van der Waals surface area contributed by atoms with E-state index in [0.717, 1.165) is 31.4 Å². The van der Waals surface area contributed by atoms with E-state index in [1.165, 1.54) is 30.4 Å². The third-order valence-corrected chi connectivity index (χ3v) is 5.86. The summed E-state index contributed by atoms with van der Waals surface area (Å²) < 4.78 is 0. The summed E-state index contributed by atoms with van der Waals surface area (Å²) in [5.41, 5.74) is 3.26. The molecular formula is C21H31N3O2. The molecule has 0 unspecified atom stereocenters. The van der Waals surface area contributed by atoms with Crippen LogP contribution in [-0.2, 0) is 4.79 Å². The van der Waals surface area contributed by atoms with Gasteiger partial charge >= 0.3 is 6.03 Å². The van der Waals surface area contributed by atoms with Gasteiger partial charge in [-0.3, -0.25) is 4.79 Å². The highest BCUT2D eigenvalue weighted by molar-refractivity contribution is 5.92. The van der Waals surface area contributed by atoms with E-state index < -0.39 is 0 Å². The first kappa shape index (κ1) is 18.7. The standard InChI is InChI=1S/C21H31N3O2/c1-15-8-9-19(14-16(15)2)22-20(25)17-10-12-24(13-11-17)21(26)23-18-6-4-3-5-7-18/h8-9,14,17-18H,3-7,10-13H2,1-2H3,(H,22,25)(H,23,26). The van der Waals surface area contributed by atoms with Crippen molar-refractivity contribution >= 4 is 17.6 Å². The molecule has 26 heavy (non-hydrogen) atoms. The number of benzene rings is 1. The fourth-order valence-corrected chi connectivity index (χ4v) is 3.92. The molecule has 1 aliphatic carbocycles. The lowest BCUT2D eigenvalue weighted by Crippen LogP contribution is -2.49. The Hall–Kier alpha value is -2.04. The first-order chi connectivity index (χ1) is 12.5. The Bertz CT molecular complexity index is 645. The Morgan fingerprint density at radius 2 is 1.65 bits per heavy atom. The lowest BCUT2D eigenvalue weighted by atomic mass is 9.95. The third kappa shape index (κ3) is 4.77. The predicted molar refractivity (Wildman–Crippen MR) is 104 cm³/mol. The quantitative estimate of drug-likeness (QED) is 0.859. The number of hydrogen-bond donors (Lipinski definition) is 2. The molecule has 0 radical (unpaired) electrons. The molecule has 0 bridgehead atoms. The molecule has 1 aliphatic heterocycles. The summed E-state index contributed by atoms with van der Waals surface area (Å²) >= 11 is 0. The van der Waals surface area contributed by atoms with Gasteiger partial charge in [0.25, 0.3) is 0 Å². The van der Waals surface area contributed by atoms with E-state index in [1.807, 2.05) is 23.1 Å². The monoisotopic (exact) mass is 357 g/mol. The molecule has 2 aliphatic rings. The number of urea groups is 1. The molecule has 0 aromatic heterocycles. The van der Waals surface area contributed by atoms with E-state index >= 15 is 0 Å². The summed E-state index contributed by atoms with van der Waals surface area (Å²) in [6.07, 6.45) is 7.37. The highest BCUT2D eigenvalue weighted by Crippen LogP contribution is 2.22. The minimum Gasteiger partial charge on any atom is -0.335 e. The summed E-state index contributed by atoms with van der Waals surface area (Å²) in [6, 6.07) is 6.38. The Morgan fingerprint density at radius 1 is 0.962 bits per heavy atom. The van der Waals surface area contributed by atoms with Gasteiger partial charge < -0.3 is 15.5 Å². The predicted octanol–water partition coefficient (Wildman–Crippen LogP) is 4.00. The van der Waals surface area contributed by atoms with Crippen molar-refractivity contribution in [2.24, 2.45) is 5.92 Å². The summed E-state index contributed by atoms with van der Waals surface area (Å²) in [4.78, 5) is 26.8. The van der Waals surface area contributed by atoms with Crippen LogP contribution in [0.3, 0.4) is 0 Å². The number of nitrogens with one attached hydrogen (secondary N) is 2. The SMILES string of the molecule is Cc1ccc(NC(=O)C2CCN(C(=O)NC3CCCCC3)CC2)cc1C. The fourth-order valence-electron chi connectivity index (χ4n) is 3.92. The highest BCUT2D eigenvalue weighted by Gasteiger charge is 2.28. The van der Waals surface area contributed by atoms with Crippen LogP contribution in [-0.4, -0.2) is 36.0 Å². The molecule has 3 amide bonds. The van der Waals surface area contributed by atoms with Gasteiger partial charge in [-0.25, -0.2) is 4.79 Å². The average molecular weight is 357 g/mol. The minimum atomic E-state index is -0.0182. The Balaban J connectivity index is 1.45. The Kier molecular flexibility index (Phi) is 6.17. The molecule has 0 spiro atoms. The third-order valence-electron chi connectivity index (χ3n) is 5.86. The Labute approximate surface area is 156 Å². The van der Waals surface area contributed by atoms with Crippen molar-refractivity contribution in [3.05, 3.63) is 29.3 Å². The number of likely N-dealkylation sites (tertiary alicyclic amines) is 1. The van der Waals surface area contributed by atoms with Crippen molar-refractivity contribution in [2.45, 2.75) is 64.8 Å².